The average Bonchev–Trinajstić information content (AvgIpc) is 2.89. The monoisotopic (exact) mass is 499 g/mol. The van der Waals surface area contributed by atoms with Crippen molar-refractivity contribution in [1.29, 1.82) is 0 Å². The van der Waals surface area contributed by atoms with Gasteiger partial charge >= 0.3 is 0 Å². The molecule has 1 aliphatic heterocycles. The van der Waals surface area contributed by atoms with E-state index in [4.69, 9.17) is 4.74 Å². The highest BCUT2D eigenvalue weighted by atomic mass is 127. The molecule has 0 bridgehead atoms. The van der Waals surface area contributed by atoms with Crippen LogP contribution in [0.4, 0.5) is 4.39 Å². The third-order valence-electron chi connectivity index (χ3n) is 3.87. The van der Waals surface area contributed by atoms with Gasteiger partial charge in [0.25, 0.3) is 0 Å². The van der Waals surface area contributed by atoms with Crippen molar-refractivity contribution in [2.24, 2.45) is 10.9 Å². The standard InChI is InChI=1S/C17H26FN3O3S.HI/c1-3-19-17(21-11-14-7-8-25(22,23)12-14)20-10-13(2)24-16-6-4-5-15(18)9-16;/h4-6,9,13-14H,3,7-8,10-12H2,1-2H3,(H2,19,20,21);1H. The van der Waals surface area contributed by atoms with Gasteiger partial charge in [0, 0.05) is 19.2 Å². The number of guanidine groups is 1. The van der Waals surface area contributed by atoms with Crippen LogP contribution in [0, 0.1) is 11.7 Å². The molecular formula is C17H27FIN3O3S. The molecule has 6 nitrogen and oxygen atoms in total. The molecule has 1 heterocycles. The molecular weight excluding hydrogens is 472 g/mol. The smallest absolute Gasteiger partial charge is 0.191 e. The normalized spacial score (nSPS) is 20.1. The van der Waals surface area contributed by atoms with E-state index >= 15 is 0 Å². The molecule has 1 aliphatic rings. The number of aliphatic imine (C=N–C) groups is 1. The van der Waals surface area contributed by atoms with E-state index in [1.807, 2.05) is 13.8 Å². The summed E-state index contributed by atoms with van der Waals surface area (Å²) < 4.78 is 41.8. The molecule has 2 atom stereocenters. The van der Waals surface area contributed by atoms with Crippen LogP contribution in [0.3, 0.4) is 0 Å². The Morgan fingerprint density at radius 3 is 2.81 bits per heavy atom. The number of halogens is 2. The van der Waals surface area contributed by atoms with Crippen LogP contribution in [0.15, 0.2) is 29.3 Å². The Morgan fingerprint density at radius 2 is 2.19 bits per heavy atom. The lowest BCUT2D eigenvalue weighted by atomic mass is 10.1. The number of nitrogens with zero attached hydrogens (tertiary/aromatic N) is 1. The second-order valence-corrected chi connectivity index (χ2v) is 8.48. The molecule has 2 N–H and O–H groups in total. The Morgan fingerprint density at radius 1 is 1.42 bits per heavy atom. The minimum Gasteiger partial charge on any atom is -0.489 e. The molecule has 2 rings (SSSR count). The van der Waals surface area contributed by atoms with Gasteiger partial charge in [0.15, 0.2) is 15.8 Å². The molecule has 0 saturated carbocycles. The maximum Gasteiger partial charge on any atom is 0.191 e. The van der Waals surface area contributed by atoms with Crippen LogP contribution in [-0.4, -0.2) is 51.6 Å². The van der Waals surface area contributed by atoms with Gasteiger partial charge in [-0.3, -0.25) is 0 Å². The van der Waals surface area contributed by atoms with Crippen molar-refractivity contribution in [3.63, 3.8) is 0 Å². The molecule has 148 valence electrons. The molecule has 1 aromatic rings. The lowest BCUT2D eigenvalue weighted by Gasteiger charge is -2.16. The average molecular weight is 499 g/mol. The molecule has 1 aromatic carbocycles. The first-order chi connectivity index (χ1) is 11.9. The van der Waals surface area contributed by atoms with Crippen molar-refractivity contribution in [2.45, 2.75) is 26.4 Å². The molecule has 0 aliphatic carbocycles. The summed E-state index contributed by atoms with van der Waals surface area (Å²) >= 11 is 0. The largest absolute Gasteiger partial charge is 0.489 e. The van der Waals surface area contributed by atoms with Crippen LogP contribution >= 0.6 is 24.0 Å². The number of ether oxygens (including phenoxy) is 1. The molecule has 2 unspecified atom stereocenters. The summed E-state index contributed by atoms with van der Waals surface area (Å²) in [5.74, 6) is 1.38. The molecule has 9 heteroatoms. The van der Waals surface area contributed by atoms with Crippen LogP contribution in [-0.2, 0) is 9.84 Å². The number of nitrogens with one attached hydrogen (secondary N) is 2. The molecule has 0 radical (unpaired) electrons. The van der Waals surface area contributed by atoms with Gasteiger partial charge in [0.05, 0.1) is 18.1 Å². The van der Waals surface area contributed by atoms with Crippen molar-refractivity contribution in [3.05, 3.63) is 30.1 Å². The summed E-state index contributed by atoms with van der Waals surface area (Å²) in [5.41, 5.74) is 0. The van der Waals surface area contributed by atoms with Crippen molar-refractivity contribution >= 4 is 39.8 Å². The number of benzene rings is 1. The maximum absolute atomic E-state index is 13.2. The summed E-state index contributed by atoms with van der Waals surface area (Å²) in [5, 5.41) is 6.32. The third kappa shape index (κ3) is 8.07. The van der Waals surface area contributed by atoms with Gasteiger partial charge in [-0.25, -0.2) is 17.8 Å². The first-order valence-electron chi connectivity index (χ1n) is 8.53. The quantitative estimate of drug-likeness (QED) is 0.342. The van der Waals surface area contributed by atoms with Gasteiger partial charge in [0.1, 0.15) is 17.7 Å². The zero-order valence-corrected chi connectivity index (χ0v) is 18.2. The first-order valence-corrected chi connectivity index (χ1v) is 10.3. The molecule has 0 amide bonds. The van der Waals surface area contributed by atoms with Gasteiger partial charge < -0.3 is 15.4 Å². The fraction of sp³-hybridized carbons (Fsp3) is 0.588. The predicted octanol–water partition coefficient (Wildman–Crippen LogP) is 2.20. The van der Waals surface area contributed by atoms with Gasteiger partial charge in [0.2, 0.25) is 0 Å². The van der Waals surface area contributed by atoms with Crippen LogP contribution in [0.25, 0.3) is 0 Å². The molecule has 0 aromatic heterocycles. The summed E-state index contributed by atoms with van der Waals surface area (Å²) in [6.07, 6.45) is 0.470. The van der Waals surface area contributed by atoms with Crippen LogP contribution < -0.4 is 15.4 Å². The lowest BCUT2D eigenvalue weighted by Crippen LogP contribution is -2.40. The fourth-order valence-electron chi connectivity index (χ4n) is 2.65. The molecule has 0 spiro atoms. The number of sulfone groups is 1. The maximum atomic E-state index is 13.2. The molecule has 1 saturated heterocycles. The lowest BCUT2D eigenvalue weighted by molar-refractivity contribution is 0.229. The Hall–Kier alpha value is -1.10. The van der Waals surface area contributed by atoms with Gasteiger partial charge in [-0.15, -0.1) is 24.0 Å². The van der Waals surface area contributed by atoms with E-state index in [1.165, 1.54) is 12.1 Å². The number of rotatable bonds is 7. The highest BCUT2D eigenvalue weighted by Crippen LogP contribution is 2.17. The summed E-state index contributed by atoms with van der Waals surface area (Å²) in [6.45, 7) is 5.50. The van der Waals surface area contributed by atoms with Gasteiger partial charge in [-0.05, 0) is 38.3 Å². The third-order valence-corrected chi connectivity index (χ3v) is 5.71. The summed E-state index contributed by atoms with van der Waals surface area (Å²) in [7, 11) is -2.87. The van der Waals surface area contributed by atoms with Crippen LogP contribution in [0.5, 0.6) is 5.75 Å². The van der Waals surface area contributed by atoms with E-state index in [-0.39, 0.29) is 53.3 Å². The van der Waals surface area contributed by atoms with Gasteiger partial charge in [-0.1, -0.05) is 6.07 Å². The van der Waals surface area contributed by atoms with Crippen molar-refractivity contribution < 1.29 is 17.5 Å². The number of hydrogen-bond donors (Lipinski definition) is 2. The minimum atomic E-state index is -2.87. The number of hydrogen-bond acceptors (Lipinski definition) is 4. The Balaban J connectivity index is 0.00000338. The summed E-state index contributed by atoms with van der Waals surface area (Å²) in [6, 6.07) is 6.01. The SMILES string of the molecule is CCNC(=NCC(C)Oc1cccc(F)c1)NCC1CCS(=O)(=O)C1.I. The Bertz CT molecular complexity index is 700. The van der Waals surface area contributed by atoms with Crippen LogP contribution in [0.2, 0.25) is 0 Å². The van der Waals surface area contributed by atoms with Gasteiger partial charge in [-0.2, -0.15) is 0 Å². The van der Waals surface area contributed by atoms with Crippen molar-refractivity contribution in [1.82, 2.24) is 10.6 Å². The van der Waals surface area contributed by atoms with E-state index < -0.39 is 9.84 Å². The Labute approximate surface area is 171 Å². The second-order valence-electron chi connectivity index (χ2n) is 6.26. The fourth-order valence-corrected chi connectivity index (χ4v) is 4.51. The highest BCUT2D eigenvalue weighted by Gasteiger charge is 2.27. The minimum absolute atomic E-state index is 0. The topological polar surface area (TPSA) is 79.8 Å². The second kappa shape index (κ2) is 10.9. The van der Waals surface area contributed by atoms with E-state index in [1.54, 1.807) is 12.1 Å². The van der Waals surface area contributed by atoms with Crippen molar-refractivity contribution in [2.75, 3.05) is 31.1 Å². The van der Waals surface area contributed by atoms with Crippen LogP contribution in [0.1, 0.15) is 20.3 Å². The predicted molar refractivity (Wildman–Crippen MR) is 113 cm³/mol. The summed E-state index contributed by atoms with van der Waals surface area (Å²) in [4.78, 5) is 4.46. The first kappa shape index (κ1) is 22.9. The zero-order chi connectivity index (χ0) is 18.3. The van der Waals surface area contributed by atoms with E-state index in [0.29, 0.717) is 37.8 Å². The molecule has 1 fully saturated rings. The van der Waals surface area contributed by atoms with E-state index in [9.17, 15) is 12.8 Å². The van der Waals surface area contributed by atoms with Crippen molar-refractivity contribution in [3.8, 4) is 5.75 Å². The zero-order valence-electron chi connectivity index (χ0n) is 15.1. The van der Waals surface area contributed by atoms with E-state index in [2.05, 4.69) is 15.6 Å². The highest BCUT2D eigenvalue weighted by molar-refractivity contribution is 14.0. The van der Waals surface area contributed by atoms with E-state index in [0.717, 1.165) is 0 Å². The molecule has 26 heavy (non-hydrogen) atoms. The Kier molecular flexibility index (Phi) is 9.62.